The zero-order chi connectivity index (χ0) is 20.9. The number of halogens is 1. The summed E-state index contributed by atoms with van der Waals surface area (Å²) in [5.41, 5.74) is 3.88. The molecular formula is C22H21ClN4O3. The molecule has 1 saturated heterocycles. The molecule has 30 heavy (non-hydrogen) atoms. The van der Waals surface area contributed by atoms with Crippen LogP contribution in [0.2, 0.25) is 5.02 Å². The first kappa shape index (κ1) is 19.2. The van der Waals surface area contributed by atoms with E-state index in [0.29, 0.717) is 11.4 Å². The fraction of sp³-hybridized carbons (Fsp3) is 0.318. The SMILES string of the molecule is Cc1cc(CC(C)(c2ccnc3c(-c4ccc(Cl)cc4)cnn23)C2OC(C)O2)no1. The second kappa shape index (κ2) is 7.19. The summed E-state index contributed by atoms with van der Waals surface area (Å²) in [6, 6.07) is 11.5. The lowest BCUT2D eigenvalue weighted by Crippen LogP contribution is -2.53. The van der Waals surface area contributed by atoms with E-state index in [1.807, 2.05) is 61.0 Å². The van der Waals surface area contributed by atoms with E-state index >= 15 is 0 Å². The molecule has 1 atom stereocenters. The molecule has 4 aromatic rings. The molecule has 0 radical (unpaired) electrons. The number of aromatic nitrogens is 4. The van der Waals surface area contributed by atoms with E-state index in [2.05, 4.69) is 22.2 Å². The van der Waals surface area contributed by atoms with Crippen molar-refractivity contribution in [2.75, 3.05) is 0 Å². The van der Waals surface area contributed by atoms with Gasteiger partial charge in [-0.05, 0) is 44.5 Å². The number of rotatable bonds is 5. The van der Waals surface area contributed by atoms with Crippen LogP contribution < -0.4 is 0 Å². The van der Waals surface area contributed by atoms with Crippen LogP contribution in [0.1, 0.15) is 31.0 Å². The molecule has 1 unspecified atom stereocenters. The monoisotopic (exact) mass is 424 g/mol. The predicted molar refractivity (Wildman–Crippen MR) is 111 cm³/mol. The van der Waals surface area contributed by atoms with Gasteiger partial charge in [0.2, 0.25) is 0 Å². The Morgan fingerprint density at radius 1 is 1.17 bits per heavy atom. The summed E-state index contributed by atoms with van der Waals surface area (Å²) in [5, 5.41) is 9.53. The smallest absolute Gasteiger partial charge is 0.175 e. The van der Waals surface area contributed by atoms with Gasteiger partial charge < -0.3 is 14.0 Å². The summed E-state index contributed by atoms with van der Waals surface area (Å²) in [6.45, 7) is 5.85. The highest BCUT2D eigenvalue weighted by Crippen LogP contribution is 2.40. The van der Waals surface area contributed by atoms with Crippen LogP contribution in [0.3, 0.4) is 0 Å². The molecule has 1 aliphatic heterocycles. The number of hydrogen-bond acceptors (Lipinski definition) is 6. The average Bonchev–Trinajstić information content (AvgIpc) is 3.32. The van der Waals surface area contributed by atoms with Gasteiger partial charge in [-0.2, -0.15) is 5.10 Å². The predicted octanol–water partition coefficient (Wildman–Crippen LogP) is 4.57. The fourth-order valence-electron chi connectivity index (χ4n) is 3.99. The lowest BCUT2D eigenvalue weighted by Gasteiger charge is -2.45. The van der Waals surface area contributed by atoms with E-state index in [4.69, 9.17) is 25.6 Å². The number of hydrogen-bond donors (Lipinski definition) is 0. The van der Waals surface area contributed by atoms with E-state index in [-0.39, 0.29) is 6.29 Å². The fourth-order valence-corrected chi connectivity index (χ4v) is 4.11. The first-order valence-corrected chi connectivity index (χ1v) is 10.1. The summed E-state index contributed by atoms with van der Waals surface area (Å²) < 4.78 is 19.0. The molecule has 8 heteroatoms. The maximum Gasteiger partial charge on any atom is 0.175 e. The zero-order valence-electron chi connectivity index (χ0n) is 16.9. The van der Waals surface area contributed by atoms with Crippen molar-refractivity contribution < 1.29 is 14.0 Å². The van der Waals surface area contributed by atoms with Crippen molar-refractivity contribution in [3.8, 4) is 11.1 Å². The first-order chi connectivity index (χ1) is 14.4. The lowest BCUT2D eigenvalue weighted by molar-refractivity contribution is -0.397. The Kier molecular flexibility index (Phi) is 4.61. The van der Waals surface area contributed by atoms with Crippen LogP contribution in [-0.2, 0) is 21.3 Å². The number of nitrogens with zero attached hydrogens (tertiary/aromatic N) is 4. The van der Waals surface area contributed by atoms with Gasteiger partial charge in [-0.25, -0.2) is 9.50 Å². The standard InChI is InChI=1S/C22H21ClN4O3/c1-13-10-17(26-30-13)11-22(3,21-28-14(2)29-21)19-8-9-24-20-18(12-25-27(19)20)15-4-6-16(23)7-5-15/h4-10,12,14,21H,11H2,1-3H3. The summed E-state index contributed by atoms with van der Waals surface area (Å²) >= 11 is 6.05. The summed E-state index contributed by atoms with van der Waals surface area (Å²) in [5.74, 6) is 0.764. The number of ether oxygens (including phenoxy) is 2. The molecule has 0 amide bonds. The third kappa shape index (κ3) is 3.19. The highest BCUT2D eigenvalue weighted by molar-refractivity contribution is 6.30. The van der Waals surface area contributed by atoms with Gasteiger partial charge in [-0.3, -0.25) is 0 Å². The molecular weight excluding hydrogens is 404 g/mol. The molecule has 1 fully saturated rings. The van der Waals surface area contributed by atoms with Gasteiger partial charge in [-0.1, -0.05) is 28.9 Å². The minimum absolute atomic E-state index is 0.243. The normalized spacial score (nSPS) is 20.8. The van der Waals surface area contributed by atoms with Crippen LogP contribution in [0.5, 0.6) is 0 Å². The molecule has 4 heterocycles. The van der Waals surface area contributed by atoms with E-state index in [0.717, 1.165) is 33.9 Å². The van der Waals surface area contributed by atoms with Crippen LogP contribution in [0.4, 0.5) is 0 Å². The van der Waals surface area contributed by atoms with Crippen LogP contribution >= 0.6 is 11.6 Å². The minimum Gasteiger partial charge on any atom is -0.361 e. The van der Waals surface area contributed by atoms with E-state index in [9.17, 15) is 0 Å². The maximum atomic E-state index is 6.05. The maximum absolute atomic E-state index is 6.05. The van der Waals surface area contributed by atoms with Gasteiger partial charge in [0.15, 0.2) is 18.2 Å². The number of fused-ring (bicyclic) bond motifs is 1. The molecule has 5 rings (SSSR count). The Bertz CT molecular complexity index is 1200. The highest BCUT2D eigenvalue weighted by Gasteiger charge is 2.47. The van der Waals surface area contributed by atoms with Crippen LogP contribution in [0.25, 0.3) is 16.8 Å². The van der Waals surface area contributed by atoms with Crippen molar-refractivity contribution in [3.05, 3.63) is 71.0 Å². The lowest BCUT2D eigenvalue weighted by atomic mass is 9.80. The molecule has 0 bridgehead atoms. The molecule has 7 nitrogen and oxygen atoms in total. The Labute approximate surface area is 178 Å². The zero-order valence-corrected chi connectivity index (χ0v) is 17.6. The largest absolute Gasteiger partial charge is 0.361 e. The summed E-state index contributed by atoms with van der Waals surface area (Å²) in [6.07, 6.45) is 3.50. The average molecular weight is 425 g/mol. The summed E-state index contributed by atoms with van der Waals surface area (Å²) in [4.78, 5) is 4.60. The molecule has 154 valence electrons. The number of aryl methyl sites for hydroxylation is 1. The molecule has 3 aromatic heterocycles. The topological polar surface area (TPSA) is 74.7 Å². The van der Waals surface area contributed by atoms with Crippen LogP contribution in [0.15, 0.2) is 53.3 Å². The van der Waals surface area contributed by atoms with Crippen molar-refractivity contribution in [1.82, 2.24) is 19.8 Å². The minimum atomic E-state index is -0.555. The molecule has 0 saturated carbocycles. The second-order valence-electron chi connectivity index (χ2n) is 7.83. The number of benzene rings is 1. The van der Waals surface area contributed by atoms with Gasteiger partial charge in [0.25, 0.3) is 0 Å². The van der Waals surface area contributed by atoms with Crippen LogP contribution in [-0.4, -0.2) is 32.3 Å². The van der Waals surface area contributed by atoms with E-state index in [1.165, 1.54) is 0 Å². The third-order valence-corrected chi connectivity index (χ3v) is 5.77. The van der Waals surface area contributed by atoms with Gasteiger partial charge >= 0.3 is 0 Å². The molecule has 0 aliphatic carbocycles. The van der Waals surface area contributed by atoms with Crippen molar-refractivity contribution in [2.24, 2.45) is 0 Å². The Morgan fingerprint density at radius 2 is 1.93 bits per heavy atom. The van der Waals surface area contributed by atoms with E-state index < -0.39 is 11.7 Å². The van der Waals surface area contributed by atoms with Crippen molar-refractivity contribution in [3.63, 3.8) is 0 Å². The van der Waals surface area contributed by atoms with Crippen molar-refractivity contribution in [1.29, 1.82) is 0 Å². The van der Waals surface area contributed by atoms with Crippen molar-refractivity contribution >= 4 is 17.2 Å². The molecule has 0 N–H and O–H groups in total. The van der Waals surface area contributed by atoms with Gasteiger partial charge in [0, 0.05) is 29.3 Å². The third-order valence-electron chi connectivity index (χ3n) is 5.52. The molecule has 1 aliphatic rings. The van der Waals surface area contributed by atoms with Crippen LogP contribution in [0, 0.1) is 6.92 Å². The van der Waals surface area contributed by atoms with Gasteiger partial charge in [0.05, 0.1) is 23.0 Å². The van der Waals surface area contributed by atoms with Gasteiger partial charge in [-0.15, -0.1) is 0 Å². The van der Waals surface area contributed by atoms with E-state index in [1.54, 1.807) is 6.20 Å². The quantitative estimate of drug-likeness (QED) is 0.467. The molecule has 1 aromatic carbocycles. The Morgan fingerprint density at radius 3 is 2.60 bits per heavy atom. The Hall–Kier alpha value is -2.74. The van der Waals surface area contributed by atoms with Crippen molar-refractivity contribution in [2.45, 2.75) is 45.2 Å². The Balaban J connectivity index is 1.62. The second-order valence-corrected chi connectivity index (χ2v) is 8.26. The highest BCUT2D eigenvalue weighted by atomic mass is 35.5. The molecule has 0 spiro atoms. The first-order valence-electron chi connectivity index (χ1n) is 9.76. The summed E-state index contributed by atoms with van der Waals surface area (Å²) in [7, 11) is 0. The van der Waals surface area contributed by atoms with Gasteiger partial charge in [0.1, 0.15) is 5.76 Å².